The predicted molar refractivity (Wildman–Crippen MR) is 102 cm³/mol. The van der Waals surface area contributed by atoms with Crippen LogP contribution in [0.5, 0.6) is 11.5 Å². The molecular weight excluding hydrogens is 377 g/mol. The topological polar surface area (TPSA) is 77.7 Å². The summed E-state index contributed by atoms with van der Waals surface area (Å²) in [6, 6.07) is 10.6. The number of benzene rings is 2. The Hall–Kier alpha value is -3.42. The molecule has 150 valence electrons. The van der Waals surface area contributed by atoms with Crippen LogP contribution in [0, 0.1) is 5.82 Å². The van der Waals surface area contributed by atoms with Crippen LogP contribution in [0.2, 0.25) is 0 Å². The molecule has 0 saturated carbocycles. The molecule has 7 nitrogen and oxygen atoms in total. The zero-order valence-electron chi connectivity index (χ0n) is 16.1. The molecule has 2 aromatic carbocycles. The van der Waals surface area contributed by atoms with Crippen molar-refractivity contribution in [1.29, 1.82) is 0 Å². The number of ether oxygens (including phenoxy) is 2. The highest BCUT2D eigenvalue weighted by Gasteiger charge is 2.35. The number of halogens is 1. The standard InChI is InChI=1S/C21H20FN3O4/c1-27-15-9-10-16(18(12-15)28-2)21(26)25-11-3-4-17(25)20-23-19(24-29-20)13-5-7-14(22)8-6-13/h5-10,12,17H,3-4,11H2,1-2H3/t17-/m1/s1. The van der Waals surface area contributed by atoms with Crippen molar-refractivity contribution in [1.82, 2.24) is 15.0 Å². The Balaban J connectivity index is 1.60. The maximum atomic E-state index is 13.2. The molecule has 0 bridgehead atoms. The van der Waals surface area contributed by atoms with Gasteiger partial charge in [-0.3, -0.25) is 4.79 Å². The average molecular weight is 397 g/mol. The lowest BCUT2D eigenvalue weighted by Gasteiger charge is -2.23. The molecule has 0 N–H and O–H groups in total. The number of hydrogen-bond donors (Lipinski definition) is 0. The van der Waals surface area contributed by atoms with Crippen LogP contribution in [0.1, 0.15) is 35.1 Å². The minimum Gasteiger partial charge on any atom is -0.497 e. The maximum absolute atomic E-state index is 13.2. The Morgan fingerprint density at radius 2 is 1.97 bits per heavy atom. The third-order valence-electron chi connectivity index (χ3n) is 4.98. The molecule has 1 amide bonds. The first-order valence-corrected chi connectivity index (χ1v) is 9.23. The van der Waals surface area contributed by atoms with E-state index in [1.54, 1.807) is 42.3 Å². The summed E-state index contributed by atoms with van der Waals surface area (Å²) in [7, 11) is 3.07. The van der Waals surface area contributed by atoms with Crippen LogP contribution in [0.25, 0.3) is 11.4 Å². The molecule has 0 radical (unpaired) electrons. The first-order chi connectivity index (χ1) is 14.1. The Bertz CT molecular complexity index is 1020. The number of aromatic nitrogens is 2. The van der Waals surface area contributed by atoms with Crippen molar-refractivity contribution in [3.63, 3.8) is 0 Å². The molecule has 1 aliphatic rings. The molecule has 1 atom stereocenters. The monoisotopic (exact) mass is 397 g/mol. The van der Waals surface area contributed by atoms with E-state index in [0.29, 0.717) is 40.9 Å². The van der Waals surface area contributed by atoms with Gasteiger partial charge in [0.05, 0.1) is 19.8 Å². The molecule has 29 heavy (non-hydrogen) atoms. The fourth-order valence-corrected chi connectivity index (χ4v) is 3.48. The van der Waals surface area contributed by atoms with Gasteiger partial charge in [-0.05, 0) is 49.2 Å². The molecule has 1 saturated heterocycles. The van der Waals surface area contributed by atoms with Crippen molar-refractivity contribution < 1.29 is 23.2 Å². The van der Waals surface area contributed by atoms with Gasteiger partial charge in [0.15, 0.2) is 0 Å². The predicted octanol–water partition coefficient (Wildman–Crippen LogP) is 3.87. The quantitative estimate of drug-likeness (QED) is 0.650. The number of amides is 1. The van der Waals surface area contributed by atoms with Gasteiger partial charge in [0, 0.05) is 18.2 Å². The summed E-state index contributed by atoms with van der Waals surface area (Å²) in [5.74, 6) is 1.27. The fourth-order valence-electron chi connectivity index (χ4n) is 3.48. The number of carbonyl (C=O) groups excluding carboxylic acids is 1. The zero-order chi connectivity index (χ0) is 20.4. The SMILES string of the molecule is COc1ccc(C(=O)N2CCC[C@@H]2c2nc(-c3ccc(F)cc3)no2)c(OC)c1. The third-order valence-corrected chi connectivity index (χ3v) is 4.98. The summed E-state index contributed by atoms with van der Waals surface area (Å²) in [6.07, 6.45) is 1.54. The molecule has 3 aromatic rings. The number of nitrogens with zero attached hydrogens (tertiary/aromatic N) is 3. The number of methoxy groups -OCH3 is 2. The first kappa shape index (κ1) is 18.9. The van der Waals surface area contributed by atoms with E-state index in [1.165, 1.54) is 19.2 Å². The van der Waals surface area contributed by atoms with Crippen LogP contribution in [0.4, 0.5) is 4.39 Å². The van der Waals surface area contributed by atoms with E-state index < -0.39 is 0 Å². The van der Waals surface area contributed by atoms with Crippen LogP contribution < -0.4 is 9.47 Å². The summed E-state index contributed by atoms with van der Waals surface area (Å²) < 4.78 is 29.1. The Kier molecular flexibility index (Phi) is 5.16. The van der Waals surface area contributed by atoms with Crippen molar-refractivity contribution in [2.45, 2.75) is 18.9 Å². The van der Waals surface area contributed by atoms with Crippen LogP contribution in [-0.4, -0.2) is 41.7 Å². The Labute approximate surface area is 167 Å². The molecule has 4 rings (SSSR count). The second-order valence-electron chi connectivity index (χ2n) is 6.69. The normalized spacial score (nSPS) is 16.1. The van der Waals surface area contributed by atoms with Gasteiger partial charge in [-0.2, -0.15) is 4.98 Å². The molecule has 2 heterocycles. The van der Waals surface area contributed by atoms with E-state index in [0.717, 1.165) is 12.8 Å². The van der Waals surface area contributed by atoms with Crippen molar-refractivity contribution >= 4 is 5.91 Å². The highest BCUT2D eigenvalue weighted by Crippen LogP contribution is 2.35. The maximum Gasteiger partial charge on any atom is 0.258 e. The third kappa shape index (κ3) is 3.65. The minimum absolute atomic E-state index is 0.173. The van der Waals surface area contributed by atoms with Crippen molar-refractivity contribution in [2.24, 2.45) is 0 Å². The van der Waals surface area contributed by atoms with Crippen LogP contribution in [0.15, 0.2) is 47.0 Å². The van der Waals surface area contributed by atoms with Gasteiger partial charge in [-0.25, -0.2) is 4.39 Å². The van der Waals surface area contributed by atoms with Crippen LogP contribution in [-0.2, 0) is 0 Å². The molecule has 8 heteroatoms. The van der Waals surface area contributed by atoms with Gasteiger partial charge in [0.2, 0.25) is 11.7 Å². The van der Waals surface area contributed by atoms with Crippen LogP contribution >= 0.6 is 0 Å². The summed E-state index contributed by atoms with van der Waals surface area (Å²) in [6.45, 7) is 0.576. The summed E-state index contributed by atoms with van der Waals surface area (Å²) >= 11 is 0. The fraction of sp³-hybridized carbons (Fsp3) is 0.286. The molecule has 1 aromatic heterocycles. The number of rotatable bonds is 5. The van der Waals surface area contributed by atoms with Gasteiger partial charge in [0.1, 0.15) is 23.4 Å². The lowest BCUT2D eigenvalue weighted by atomic mass is 10.1. The van der Waals surface area contributed by atoms with Crippen molar-refractivity contribution in [3.05, 3.63) is 59.7 Å². The second kappa shape index (κ2) is 7.90. The van der Waals surface area contributed by atoms with E-state index in [9.17, 15) is 9.18 Å². The van der Waals surface area contributed by atoms with Crippen molar-refractivity contribution in [3.8, 4) is 22.9 Å². The van der Waals surface area contributed by atoms with Crippen LogP contribution in [0.3, 0.4) is 0 Å². The second-order valence-corrected chi connectivity index (χ2v) is 6.69. The summed E-state index contributed by atoms with van der Waals surface area (Å²) in [5, 5.41) is 4.00. The van der Waals surface area contributed by atoms with E-state index in [1.807, 2.05) is 0 Å². The molecule has 1 fully saturated rings. The summed E-state index contributed by atoms with van der Waals surface area (Å²) in [4.78, 5) is 19.4. The molecule has 0 spiro atoms. The zero-order valence-corrected chi connectivity index (χ0v) is 16.1. The Morgan fingerprint density at radius 1 is 1.17 bits per heavy atom. The van der Waals surface area contributed by atoms with Crippen molar-refractivity contribution in [2.75, 3.05) is 20.8 Å². The number of hydrogen-bond acceptors (Lipinski definition) is 6. The van der Waals surface area contributed by atoms with Gasteiger partial charge in [-0.15, -0.1) is 0 Å². The molecular formula is C21H20FN3O4. The van der Waals surface area contributed by atoms with Gasteiger partial charge < -0.3 is 18.9 Å². The van der Waals surface area contributed by atoms with Gasteiger partial charge in [-0.1, -0.05) is 5.16 Å². The average Bonchev–Trinajstić information content (AvgIpc) is 3.42. The van der Waals surface area contributed by atoms with Gasteiger partial charge >= 0.3 is 0 Å². The lowest BCUT2D eigenvalue weighted by Crippen LogP contribution is -2.31. The minimum atomic E-state index is -0.335. The van der Waals surface area contributed by atoms with E-state index >= 15 is 0 Å². The summed E-state index contributed by atoms with van der Waals surface area (Å²) in [5.41, 5.74) is 1.09. The molecule has 0 aliphatic carbocycles. The van der Waals surface area contributed by atoms with Gasteiger partial charge in [0.25, 0.3) is 5.91 Å². The highest BCUT2D eigenvalue weighted by atomic mass is 19.1. The molecule has 0 unspecified atom stereocenters. The lowest BCUT2D eigenvalue weighted by molar-refractivity contribution is 0.0706. The van der Waals surface area contributed by atoms with E-state index in [-0.39, 0.29) is 17.8 Å². The molecule has 1 aliphatic heterocycles. The Morgan fingerprint density at radius 3 is 2.69 bits per heavy atom. The number of likely N-dealkylation sites (tertiary alicyclic amines) is 1. The highest BCUT2D eigenvalue weighted by molar-refractivity contribution is 5.97. The van der Waals surface area contributed by atoms with E-state index in [2.05, 4.69) is 10.1 Å². The largest absolute Gasteiger partial charge is 0.497 e. The smallest absolute Gasteiger partial charge is 0.258 e. The number of carbonyl (C=O) groups is 1. The first-order valence-electron chi connectivity index (χ1n) is 9.23. The van der Waals surface area contributed by atoms with E-state index in [4.69, 9.17) is 14.0 Å².